The third-order valence-corrected chi connectivity index (χ3v) is 2.77. The van der Waals surface area contributed by atoms with E-state index in [1.165, 1.54) is 4.90 Å². The minimum atomic E-state index is -2.13. The topological polar surface area (TPSA) is 79.2 Å². The van der Waals surface area contributed by atoms with Crippen LogP contribution in [0.15, 0.2) is 4.36 Å². The molecule has 1 rings (SSSR count). The molecule has 1 fully saturated rings. The van der Waals surface area contributed by atoms with Crippen LogP contribution in [0.4, 0.5) is 4.79 Å². The highest BCUT2D eigenvalue weighted by atomic mass is 32.2. The second-order valence-electron chi connectivity index (χ2n) is 3.71. The Balaban J connectivity index is 2.51. The molecule has 0 aliphatic carbocycles. The summed E-state index contributed by atoms with van der Waals surface area (Å²) in [5, 5.41) is 8.77. The van der Waals surface area contributed by atoms with Crippen LogP contribution in [0.25, 0.3) is 0 Å². The molecule has 1 aliphatic heterocycles. The molecule has 6 nitrogen and oxygen atoms in total. The molecule has 0 bridgehead atoms. The fourth-order valence-electron chi connectivity index (χ4n) is 1.27. The van der Waals surface area contributed by atoms with Gasteiger partial charge in [-0.2, -0.15) is 0 Å². The minimum absolute atomic E-state index is 0.268. The highest BCUT2D eigenvalue weighted by Crippen LogP contribution is 2.06. The molecule has 1 amide bonds. The first kappa shape index (κ1) is 12.3. The quantitative estimate of drug-likeness (QED) is 0.737. The smallest absolute Gasteiger partial charge is 0.407 e. The molecule has 0 aromatic rings. The lowest BCUT2D eigenvalue weighted by Gasteiger charge is -2.30. The van der Waals surface area contributed by atoms with Crippen molar-refractivity contribution in [2.45, 2.75) is 6.10 Å². The fraction of sp³-hybridized carbons (Fsp3) is 0.875. The van der Waals surface area contributed by atoms with Crippen molar-refractivity contribution in [2.24, 2.45) is 4.36 Å². The summed E-state index contributed by atoms with van der Waals surface area (Å²) in [5.41, 5.74) is 0. The van der Waals surface area contributed by atoms with Crippen LogP contribution in [0.5, 0.6) is 0 Å². The van der Waals surface area contributed by atoms with Gasteiger partial charge in [0, 0.05) is 28.8 Å². The molecule has 15 heavy (non-hydrogen) atoms. The van der Waals surface area contributed by atoms with Gasteiger partial charge in [-0.3, -0.25) is 4.21 Å². The van der Waals surface area contributed by atoms with Gasteiger partial charge in [-0.05, 0) is 0 Å². The predicted octanol–water partition coefficient (Wildman–Crippen LogP) is 0.0928. The molecule has 7 heteroatoms. The highest BCUT2D eigenvalue weighted by molar-refractivity contribution is 7.92. The molecule has 0 spiro atoms. The minimum Gasteiger partial charge on any atom is -0.465 e. The van der Waals surface area contributed by atoms with Crippen molar-refractivity contribution < 1.29 is 18.8 Å². The van der Waals surface area contributed by atoms with E-state index in [1.807, 2.05) is 0 Å². The Bertz CT molecular complexity index is 341. The van der Waals surface area contributed by atoms with Crippen LogP contribution < -0.4 is 0 Å². The van der Waals surface area contributed by atoms with Crippen molar-refractivity contribution in [3.05, 3.63) is 0 Å². The van der Waals surface area contributed by atoms with Gasteiger partial charge >= 0.3 is 6.09 Å². The molecule has 1 saturated heterocycles. The van der Waals surface area contributed by atoms with Gasteiger partial charge in [0.15, 0.2) is 0 Å². The van der Waals surface area contributed by atoms with E-state index in [0.29, 0.717) is 19.7 Å². The summed E-state index contributed by atoms with van der Waals surface area (Å²) in [4.78, 5) is 12.0. The van der Waals surface area contributed by atoms with Gasteiger partial charge in [0.05, 0.1) is 25.8 Å². The maximum atomic E-state index is 11.3. The summed E-state index contributed by atoms with van der Waals surface area (Å²) in [6.45, 7) is 1.35. The van der Waals surface area contributed by atoms with Crippen LogP contribution in [-0.4, -0.2) is 65.2 Å². The summed E-state index contributed by atoms with van der Waals surface area (Å²) >= 11 is 0. The van der Waals surface area contributed by atoms with Gasteiger partial charge in [0.2, 0.25) is 0 Å². The fourth-order valence-corrected chi connectivity index (χ4v) is 1.79. The van der Waals surface area contributed by atoms with Gasteiger partial charge in [-0.15, -0.1) is 0 Å². The number of carboxylic acid groups (broad SMARTS) is 1. The van der Waals surface area contributed by atoms with Crippen LogP contribution in [0.1, 0.15) is 0 Å². The van der Waals surface area contributed by atoms with Crippen LogP contribution in [0.2, 0.25) is 0 Å². The van der Waals surface area contributed by atoms with Crippen LogP contribution in [0, 0.1) is 0 Å². The average Bonchev–Trinajstić information content (AvgIpc) is 2.14. The molecule has 0 unspecified atom stereocenters. The van der Waals surface area contributed by atoms with E-state index < -0.39 is 15.8 Å². The van der Waals surface area contributed by atoms with E-state index in [-0.39, 0.29) is 12.6 Å². The largest absolute Gasteiger partial charge is 0.465 e. The Hall–Kier alpha value is -0.820. The van der Waals surface area contributed by atoms with Crippen molar-refractivity contribution in [3.63, 3.8) is 0 Å². The van der Waals surface area contributed by atoms with Crippen molar-refractivity contribution in [2.75, 3.05) is 38.8 Å². The van der Waals surface area contributed by atoms with Gasteiger partial charge in [-0.25, -0.2) is 9.16 Å². The number of carbonyl (C=O) groups is 1. The van der Waals surface area contributed by atoms with E-state index in [0.717, 1.165) is 0 Å². The van der Waals surface area contributed by atoms with E-state index in [4.69, 9.17) is 9.84 Å². The van der Waals surface area contributed by atoms with Gasteiger partial charge in [-0.1, -0.05) is 0 Å². The summed E-state index contributed by atoms with van der Waals surface area (Å²) in [7, 11) is -2.13. The SMILES string of the molecule is CS(C)(=O)=NC[C@@H]1CN(C(=O)O)CCO1. The monoisotopic (exact) mass is 236 g/mol. The molecule has 88 valence electrons. The molecule has 0 aromatic heterocycles. The standard InChI is InChI=1S/C8H16N2O4S/c1-15(2,13)9-5-7-6-10(8(11)12)3-4-14-7/h7H,3-6H2,1-2H3,(H,11,12)/t7-/m1/s1. The number of morpholine rings is 1. The second kappa shape index (κ2) is 4.80. The lowest BCUT2D eigenvalue weighted by Crippen LogP contribution is -2.46. The van der Waals surface area contributed by atoms with Gasteiger partial charge in [0.1, 0.15) is 0 Å². The number of amides is 1. The summed E-state index contributed by atoms with van der Waals surface area (Å²) in [6, 6.07) is 0. The molecule has 1 atom stereocenters. The van der Waals surface area contributed by atoms with Crippen molar-refractivity contribution in [3.8, 4) is 0 Å². The first-order valence-corrected chi connectivity index (χ1v) is 6.94. The Kier molecular flexibility index (Phi) is 3.92. The molecule has 1 aliphatic rings. The summed E-state index contributed by atoms with van der Waals surface area (Å²) in [6.07, 6.45) is 1.88. The van der Waals surface area contributed by atoms with Crippen LogP contribution >= 0.6 is 0 Å². The van der Waals surface area contributed by atoms with E-state index in [2.05, 4.69) is 4.36 Å². The molecule has 1 N–H and O–H groups in total. The first-order valence-electron chi connectivity index (χ1n) is 4.61. The number of hydrogen-bond donors (Lipinski definition) is 1. The maximum absolute atomic E-state index is 11.3. The first-order chi connectivity index (χ1) is 6.88. The lowest BCUT2D eigenvalue weighted by atomic mass is 10.3. The van der Waals surface area contributed by atoms with Crippen molar-refractivity contribution in [1.82, 2.24) is 4.90 Å². The molecule has 0 saturated carbocycles. The molecular formula is C8H16N2O4S. The number of rotatable bonds is 2. The van der Waals surface area contributed by atoms with E-state index >= 15 is 0 Å². The zero-order chi connectivity index (χ0) is 11.5. The van der Waals surface area contributed by atoms with Crippen molar-refractivity contribution >= 4 is 15.8 Å². The number of ether oxygens (including phenoxy) is 1. The van der Waals surface area contributed by atoms with Crippen LogP contribution in [-0.2, 0) is 14.5 Å². The maximum Gasteiger partial charge on any atom is 0.407 e. The van der Waals surface area contributed by atoms with E-state index in [1.54, 1.807) is 12.5 Å². The second-order valence-corrected chi connectivity index (χ2v) is 6.34. The average molecular weight is 236 g/mol. The summed E-state index contributed by atoms with van der Waals surface area (Å²) in [5.74, 6) is 0. The molecule has 0 aromatic carbocycles. The van der Waals surface area contributed by atoms with Gasteiger partial charge in [0.25, 0.3) is 0 Å². The lowest BCUT2D eigenvalue weighted by molar-refractivity contribution is -0.0162. The number of nitrogens with zero attached hydrogens (tertiary/aromatic N) is 2. The third kappa shape index (κ3) is 4.48. The van der Waals surface area contributed by atoms with E-state index in [9.17, 15) is 9.00 Å². The zero-order valence-electron chi connectivity index (χ0n) is 8.88. The molecular weight excluding hydrogens is 220 g/mol. The third-order valence-electron chi connectivity index (χ3n) is 2.00. The Morgan fingerprint density at radius 1 is 1.67 bits per heavy atom. The predicted molar refractivity (Wildman–Crippen MR) is 56.6 cm³/mol. The van der Waals surface area contributed by atoms with Crippen molar-refractivity contribution in [1.29, 1.82) is 0 Å². The highest BCUT2D eigenvalue weighted by Gasteiger charge is 2.23. The molecule has 0 radical (unpaired) electrons. The zero-order valence-corrected chi connectivity index (χ0v) is 9.70. The Labute approximate surface area is 89.4 Å². The van der Waals surface area contributed by atoms with Gasteiger partial charge < -0.3 is 14.7 Å². The van der Waals surface area contributed by atoms with Crippen LogP contribution in [0.3, 0.4) is 0 Å². The molecule has 1 heterocycles. The normalized spacial score (nSPS) is 22.5. The summed E-state index contributed by atoms with van der Waals surface area (Å²) < 4.78 is 20.6. The Morgan fingerprint density at radius 3 is 2.87 bits per heavy atom. The Morgan fingerprint density at radius 2 is 2.33 bits per heavy atom. The number of hydrogen-bond acceptors (Lipinski definition) is 4.